The van der Waals surface area contributed by atoms with E-state index in [1.807, 2.05) is 12.1 Å². The number of pyridine rings is 1. The van der Waals surface area contributed by atoms with Crippen LogP contribution in [-0.2, 0) is 11.3 Å². The van der Waals surface area contributed by atoms with Crippen LogP contribution in [0.3, 0.4) is 0 Å². The molecule has 160 valence electrons. The van der Waals surface area contributed by atoms with Crippen LogP contribution in [0, 0.1) is 23.7 Å². The van der Waals surface area contributed by atoms with Gasteiger partial charge in [-0.05, 0) is 60.8 Å². The van der Waals surface area contributed by atoms with Crippen LogP contribution in [0.2, 0.25) is 0 Å². The van der Waals surface area contributed by atoms with E-state index in [1.54, 1.807) is 24.5 Å². The third kappa shape index (κ3) is 5.81. The molecule has 2 N–H and O–H groups in total. The molecule has 0 unspecified atom stereocenters. The summed E-state index contributed by atoms with van der Waals surface area (Å²) in [5, 5.41) is 6.00. The first-order chi connectivity index (χ1) is 14.4. The molecular formula is C24H31N3O3. The molecule has 0 radical (unpaired) electrons. The average molecular weight is 410 g/mol. The fourth-order valence-corrected chi connectivity index (χ4v) is 4.21. The highest BCUT2D eigenvalue weighted by atomic mass is 16.3. The molecule has 0 bridgehead atoms. The van der Waals surface area contributed by atoms with Crippen molar-refractivity contribution < 1.29 is 14.0 Å². The summed E-state index contributed by atoms with van der Waals surface area (Å²) in [6.45, 7) is 7.58. The van der Waals surface area contributed by atoms with Crippen molar-refractivity contribution in [2.24, 2.45) is 23.7 Å². The highest BCUT2D eigenvalue weighted by Crippen LogP contribution is 2.38. The lowest BCUT2D eigenvalue weighted by atomic mass is 9.69. The molecule has 2 aromatic heterocycles. The van der Waals surface area contributed by atoms with Crippen molar-refractivity contribution in [2.45, 2.75) is 40.2 Å². The zero-order valence-corrected chi connectivity index (χ0v) is 17.9. The molecule has 30 heavy (non-hydrogen) atoms. The van der Waals surface area contributed by atoms with Gasteiger partial charge in [0.1, 0.15) is 0 Å². The highest BCUT2D eigenvalue weighted by Gasteiger charge is 2.32. The summed E-state index contributed by atoms with van der Waals surface area (Å²) in [6, 6.07) is 7.20. The normalized spacial score (nSPS) is 21.2. The number of carbonyl (C=O) groups excluding carboxylic acids is 2. The average Bonchev–Trinajstić information content (AvgIpc) is 3.27. The maximum Gasteiger partial charge on any atom is 0.286 e. The van der Waals surface area contributed by atoms with Crippen LogP contribution < -0.4 is 10.6 Å². The van der Waals surface area contributed by atoms with Gasteiger partial charge in [0, 0.05) is 31.9 Å². The van der Waals surface area contributed by atoms with Crippen LogP contribution in [0.15, 0.2) is 59.0 Å². The van der Waals surface area contributed by atoms with E-state index in [9.17, 15) is 9.59 Å². The monoisotopic (exact) mass is 409 g/mol. The summed E-state index contributed by atoms with van der Waals surface area (Å²) in [5.74, 6) is 1.54. The molecule has 0 spiro atoms. The number of nitrogens with one attached hydrogen (secondary N) is 2. The second-order valence-electron chi connectivity index (χ2n) is 8.44. The molecule has 1 aliphatic rings. The smallest absolute Gasteiger partial charge is 0.286 e. The van der Waals surface area contributed by atoms with Gasteiger partial charge in [0.05, 0.1) is 6.26 Å². The van der Waals surface area contributed by atoms with Gasteiger partial charge in [0.15, 0.2) is 5.76 Å². The van der Waals surface area contributed by atoms with Crippen molar-refractivity contribution in [3.8, 4) is 0 Å². The van der Waals surface area contributed by atoms with Gasteiger partial charge in [0.2, 0.25) is 5.91 Å². The summed E-state index contributed by atoms with van der Waals surface area (Å²) in [4.78, 5) is 28.8. The van der Waals surface area contributed by atoms with Gasteiger partial charge in [-0.3, -0.25) is 14.6 Å². The Bertz CT molecular complexity index is 859. The third-order valence-corrected chi connectivity index (χ3v) is 5.97. The van der Waals surface area contributed by atoms with Crippen LogP contribution in [-0.4, -0.2) is 23.3 Å². The van der Waals surface area contributed by atoms with Crippen LogP contribution >= 0.6 is 0 Å². The van der Waals surface area contributed by atoms with Crippen LogP contribution in [0.1, 0.15) is 49.7 Å². The Balaban J connectivity index is 1.57. The molecular weight excluding hydrogens is 378 g/mol. The number of carbonyl (C=O) groups is 2. The van der Waals surface area contributed by atoms with Crippen molar-refractivity contribution >= 4 is 11.8 Å². The van der Waals surface area contributed by atoms with Crippen molar-refractivity contribution in [1.29, 1.82) is 0 Å². The van der Waals surface area contributed by atoms with Gasteiger partial charge >= 0.3 is 0 Å². The number of furan rings is 1. The number of allylic oxidation sites excluding steroid dienone is 1. The number of nitrogens with zero attached hydrogens (tertiary/aromatic N) is 1. The van der Waals surface area contributed by atoms with Gasteiger partial charge in [-0.15, -0.1) is 0 Å². The van der Waals surface area contributed by atoms with Gasteiger partial charge in [0.25, 0.3) is 5.91 Å². The summed E-state index contributed by atoms with van der Waals surface area (Å²) in [5.41, 5.74) is 2.22. The highest BCUT2D eigenvalue weighted by molar-refractivity contribution is 5.91. The van der Waals surface area contributed by atoms with E-state index < -0.39 is 0 Å². The molecule has 2 amide bonds. The van der Waals surface area contributed by atoms with Crippen molar-refractivity contribution in [1.82, 2.24) is 15.6 Å². The standard InChI is InChI=1S/C24H31N3O3/c1-16(2)21-11-19(12-23(28)26-14-18-6-4-8-25-13-18)17(3)10-20(21)15-27-24(29)22-7-5-9-30-22/h4-10,13,16,19-21H,11-12,14-15H2,1-3H3,(H,26,28)(H,27,29)/t19-,20-,21-/m0/s1. The van der Waals surface area contributed by atoms with Crippen molar-refractivity contribution in [3.63, 3.8) is 0 Å². The molecule has 2 heterocycles. The van der Waals surface area contributed by atoms with E-state index in [4.69, 9.17) is 4.42 Å². The minimum atomic E-state index is -0.189. The van der Waals surface area contributed by atoms with E-state index >= 15 is 0 Å². The maximum absolute atomic E-state index is 12.5. The quantitative estimate of drug-likeness (QED) is 0.646. The number of aromatic nitrogens is 1. The van der Waals surface area contributed by atoms with Crippen molar-refractivity contribution in [3.05, 3.63) is 65.9 Å². The molecule has 2 aromatic rings. The fraction of sp³-hybridized carbons (Fsp3) is 0.458. The topological polar surface area (TPSA) is 84.2 Å². The maximum atomic E-state index is 12.5. The number of hydrogen-bond donors (Lipinski definition) is 2. The van der Waals surface area contributed by atoms with Gasteiger partial charge in [-0.2, -0.15) is 0 Å². The molecule has 0 aliphatic heterocycles. The first kappa shape index (κ1) is 21.8. The van der Waals surface area contributed by atoms with Crippen LogP contribution in [0.4, 0.5) is 0 Å². The predicted octanol–water partition coefficient (Wildman–Crippen LogP) is 3.97. The zero-order chi connectivity index (χ0) is 21.5. The first-order valence-electron chi connectivity index (χ1n) is 10.6. The first-order valence-corrected chi connectivity index (χ1v) is 10.6. The van der Waals surface area contributed by atoms with E-state index in [2.05, 4.69) is 42.5 Å². The molecule has 0 saturated heterocycles. The molecule has 6 nitrogen and oxygen atoms in total. The summed E-state index contributed by atoms with van der Waals surface area (Å²) >= 11 is 0. The Morgan fingerprint density at radius 1 is 1.23 bits per heavy atom. The predicted molar refractivity (Wildman–Crippen MR) is 115 cm³/mol. The minimum Gasteiger partial charge on any atom is -0.459 e. The Kier molecular flexibility index (Phi) is 7.44. The molecule has 6 heteroatoms. The van der Waals surface area contributed by atoms with Crippen molar-refractivity contribution in [2.75, 3.05) is 6.54 Å². The molecule has 3 rings (SSSR count). The fourth-order valence-electron chi connectivity index (χ4n) is 4.21. The van der Waals surface area contributed by atoms with Gasteiger partial charge in [-0.25, -0.2) is 0 Å². The Hall–Kier alpha value is -2.89. The minimum absolute atomic E-state index is 0.0590. The van der Waals surface area contributed by atoms with E-state index in [-0.39, 0.29) is 23.7 Å². The summed E-state index contributed by atoms with van der Waals surface area (Å²) in [7, 11) is 0. The molecule has 0 saturated carbocycles. The Labute approximate surface area is 178 Å². The Morgan fingerprint density at radius 3 is 2.73 bits per heavy atom. The molecule has 1 aliphatic carbocycles. The third-order valence-electron chi connectivity index (χ3n) is 5.97. The van der Waals surface area contributed by atoms with Gasteiger partial charge < -0.3 is 15.1 Å². The Morgan fingerprint density at radius 2 is 2.07 bits per heavy atom. The van der Waals surface area contributed by atoms with E-state index in [0.717, 1.165) is 12.0 Å². The molecule has 0 fully saturated rings. The van der Waals surface area contributed by atoms with E-state index in [0.29, 0.717) is 37.1 Å². The number of amides is 2. The SMILES string of the molecule is CC1=C[C@@H](CNC(=O)c2ccco2)[C@H](C(C)C)C[C@H]1CC(=O)NCc1cccnc1. The largest absolute Gasteiger partial charge is 0.459 e. The second-order valence-corrected chi connectivity index (χ2v) is 8.44. The van der Waals surface area contributed by atoms with Crippen LogP contribution in [0.5, 0.6) is 0 Å². The molecule has 0 aromatic carbocycles. The lowest BCUT2D eigenvalue weighted by Gasteiger charge is -2.37. The summed E-state index contributed by atoms with van der Waals surface area (Å²) in [6.07, 6.45) is 8.67. The van der Waals surface area contributed by atoms with E-state index in [1.165, 1.54) is 11.8 Å². The lowest BCUT2D eigenvalue weighted by Crippen LogP contribution is -2.37. The number of rotatable bonds is 8. The molecule has 3 atom stereocenters. The van der Waals surface area contributed by atoms with Gasteiger partial charge in [-0.1, -0.05) is 31.6 Å². The second kappa shape index (κ2) is 10.2. The lowest BCUT2D eigenvalue weighted by molar-refractivity contribution is -0.122. The summed E-state index contributed by atoms with van der Waals surface area (Å²) < 4.78 is 5.17. The zero-order valence-electron chi connectivity index (χ0n) is 17.9. The van der Waals surface area contributed by atoms with Crippen LogP contribution in [0.25, 0.3) is 0 Å². The number of hydrogen-bond acceptors (Lipinski definition) is 4.